The third-order valence-electron chi connectivity index (χ3n) is 2.45. The normalized spacial score (nSPS) is 11.5. The third-order valence-corrected chi connectivity index (χ3v) is 4.92. The van der Waals surface area contributed by atoms with Crippen molar-refractivity contribution in [1.82, 2.24) is 9.78 Å². The van der Waals surface area contributed by atoms with Gasteiger partial charge in [0.15, 0.2) is 9.84 Å². The van der Waals surface area contributed by atoms with Crippen LogP contribution in [0.5, 0.6) is 0 Å². The highest BCUT2D eigenvalue weighted by molar-refractivity contribution is 9.10. The zero-order chi connectivity index (χ0) is 13.8. The van der Waals surface area contributed by atoms with E-state index in [0.29, 0.717) is 16.7 Å². The molecule has 6 nitrogen and oxygen atoms in total. The molecule has 0 saturated heterocycles. The molecule has 1 heterocycles. The minimum atomic E-state index is -3.01. The second-order valence-corrected chi connectivity index (χ2v) is 6.92. The molecule has 0 aromatic carbocycles. The summed E-state index contributed by atoms with van der Waals surface area (Å²) >= 11 is 3.18. The maximum Gasteiger partial charge on any atom is 0.283 e. The van der Waals surface area contributed by atoms with Gasteiger partial charge in [-0.1, -0.05) is 6.92 Å². The van der Waals surface area contributed by atoms with Crippen LogP contribution in [0.15, 0.2) is 15.5 Å². The van der Waals surface area contributed by atoms with E-state index >= 15 is 0 Å². The first kappa shape index (κ1) is 15.2. The van der Waals surface area contributed by atoms with Gasteiger partial charge >= 0.3 is 0 Å². The van der Waals surface area contributed by atoms with Gasteiger partial charge in [-0.05, 0) is 22.9 Å². The highest BCUT2D eigenvalue weighted by atomic mass is 79.9. The van der Waals surface area contributed by atoms with Crippen LogP contribution in [0.2, 0.25) is 0 Å². The predicted molar refractivity (Wildman–Crippen MR) is 74.7 cm³/mol. The molecule has 8 heteroatoms. The maximum absolute atomic E-state index is 11.7. The fourth-order valence-electron chi connectivity index (χ4n) is 1.30. The maximum atomic E-state index is 11.7. The first-order chi connectivity index (χ1) is 8.41. The number of aromatic nitrogens is 2. The fraction of sp³-hybridized carbons (Fsp3) is 0.600. The fourth-order valence-corrected chi connectivity index (χ4v) is 2.45. The molecule has 0 saturated carbocycles. The van der Waals surface area contributed by atoms with E-state index in [1.165, 1.54) is 10.9 Å². The minimum absolute atomic E-state index is 0.0345. The van der Waals surface area contributed by atoms with Crippen LogP contribution in [-0.2, 0) is 16.4 Å². The summed E-state index contributed by atoms with van der Waals surface area (Å²) in [4.78, 5) is 11.7. The molecule has 1 aromatic heterocycles. The van der Waals surface area contributed by atoms with Crippen LogP contribution in [0.3, 0.4) is 0 Å². The Morgan fingerprint density at radius 3 is 2.67 bits per heavy atom. The number of hydrogen-bond donors (Lipinski definition) is 1. The van der Waals surface area contributed by atoms with Crippen molar-refractivity contribution in [3.05, 3.63) is 21.0 Å². The molecule has 0 spiro atoms. The van der Waals surface area contributed by atoms with Gasteiger partial charge in [0, 0.05) is 18.8 Å². The zero-order valence-corrected chi connectivity index (χ0v) is 12.7. The van der Waals surface area contributed by atoms with Crippen LogP contribution >= 0.6 is 15.9 Å². The minimum Gasteiger partial charge on any atom is -0.382 e. The quantitative estimate of drug-likeness (QED) is 0.833. The van der Waals surface area contributed by atoms with Crippen LogP contribution < -0.4 is 10.9 Å². The molecule has 1 N–H and O–H groups in total. The Morgan fingerprint density at radius 1 is 1.44 bits per heavy atom. The van der Waals surface area contributed by atoms with E-state index in [-0.39, 0.29) is 23.6 Å². The summed E-state index contributed by atoms with van der Waals surface area (Å²) in [5, 5.41) is 6.85. The first-order valence-electron chi connectivity index (χ1n) is 5.61. The molecule has 0 amide bonds. The van der Waals surface area contributed by atoms with Gasteiger partial charge < -0.3 is 5.32 Å². The number of halogens is 1. The number of nitrogens with zero attached hydrogens (tertiary/aromatic N) is 2. The summed E-state index contributed by atoms with van der Waals surface area (Å²) in [7, 11) is -3.01. The molecule has 0 unspecified atom stereocenters. The van der Waals surface area contributed by atoms with Gasteiger partial charge in [0.1, 0.15) is 4.47 Å². The van der Waals surface area contributed by atoms with Gasteiger partial charge in [0.2, 0.25) is 0 Å². The smallest absolute Gasteiger partial charge is 0.283 e. The summed E-state index contributed by atoms with van der Waals surface area (Å²) < 4.78 is 24.3. The molecule has 0 aliphatic rings. The van der Waals surface area contributed by atoms with Gasteiger partial charge in [-0.15, -0.1) is 0 Å². The Kier molecular flexibility index (Phi) is 5.33. The average Bonchev–Trinajstić information content (AvgIpc) is 2.35. The summed E-state index contributed by atoms with van der Waals surface area (Å²) in [6.07, 6.45) is 1.51. The molecule has 0 atom stereocenters. The monoisotopic (exact) mass is 337 g/mol. The molecule has 0 aliphatic heterocycles. The SMILES string of the molecule is CCn1ncc(NCCS(=O)(=O)CC)c(Br)c1=O. The summed E-state index contributed by atoms with van der Waals surface area (Å²) in [5.41, 5.74) is 0.275. The van der Waals surface area contributed by atoms with Crippen LogP contribution in [0.25, 0.3) is 0 Å². The lowest BCUT2D eigenvalue weighted by Crippen LogP contribution is -2.24. The zero-order valence-electron chi connectivity index (χ0n) is 10.3. The molecule has 1 aromatic rings. The Morgan fingerprint density at radius 2 is 2.11 bits per heavy atom. The number of anilines is 1. The second kappa shape index (κ2) is 6.33. The lowest BCUT2D eigenvalue weighted by Gasteiger charge is -2.09. The Balaban J connectivity index is 2.76. The predicted octanol–water partition coefficient (Wildman–Crippen LogP) is 0.872. The first-order valence-corrected chi connectivity index (χ1v) is 8.22. The van der Waals surface area contributed by atoms with Gasteiger partial charge in [-0.2, -0.15) is 5.10 Å². The summed E-state index contributed by atoms with van der Waals surface area (Å²) in [5.74, 6) is 0.151. The van der Waals surface area contributed by atoms with Crippen LogP contribution in [0, 0.1) is 0 Å². The van der Waals surface area contributed by atoms with Crippen molar-refractivity contribution in [1.29, 1.82) is 0 Å². The van der Waals surface area contributed by atoms with Gasteiger partial charge in [-0.3, -0.25) is 4.79 Å². The van der Waals surface area contributed by atoms with Gasteiger partial charge in [0.25, 0.3) is 5.56 Å². The molecular formula is C10H16BrN3O3S. The highest BCUT2D eigenvalue weighted by Crippen LogP contribution is 2.15. The standard InChI is InChI=1S/C10H16BrN3O3S/c1-3-14-10(15)9(11)8(7-13-14)12-5-6-18(16,17)4-2/h7,12H,3-6H2,1-2H3. The number of hydrogen-bond acceptors (Lipinski definition) is 5. The number of nitrogens with one attached hydrogen (secondary N) is 1. The van der Waals surface area contributed by atoms with Crippen LogP contribution in [-0.4, -0.2) is 36.2 Å². The van der Waals surface area contributed by atoms with Crippen molar-refractivity contribution in [3.63, 3.8) is 0 Å². The van der Waals surface area contributed by atoms with Crippen LogP contribution in [0.1, 0.15) is 13.8 Å². The molecular weight excluding hydrogens is 322 g/mol. The average molecular weight is 338 g/mol. The van der Waals surface area contributed by atoms with E-state index < -0.39 is 9.84 Å². The highest BCUT2D eigenvalue weighted by Gasteiger charge is 2.10. The Labute approximate surface area is 114 Å². The van der Waals surface area contributed by atoms with Crippen molar-refractivity contribution in [2.75, 3.05) is 23.4 Å². The number of sulfone groups is 1. The molecule has 0 bridgehead atoms. The van der Waals surface area contributed by atoms with Crippen LogP contribution in [0.4, 0.5) is 5.69 Å². The Bertz CT molecular complexity index is 568. The van der Waals surface area contributed by atoms with E-state index in [4.69, 9.17) is 0 Å². The third kappa shape index (κ3) is 3.81. The number of rotatable bonds is 6. The van der Waals surface area contributed by atoms with E-state index in [2.05, 4.69) is 26.3 Å². The van der Waals surface area contributed by atoms with Crippen molar-refractivity contribution in [3.8, 4) is 0 Å². The van der Waals surface area contributed by atoms with Gasteiger partial charge in [0.05, 0.1) is 17.6 Å². The second-order valence-electron chi connectivity index (χ2n) is 3.66. The molecule has 0 radical (unpaired) electrons. The lowest BCUT2D eigenvalue weighted by atomic mass is 10.4. The van der Waals surface area contributed by atoms with Crippen molar-refractivity contribution in [2.45, 2.75) is 20.4 Å². The van der Waals surface area contributed by atoms with Gasteiger partial charge in [-0.25, -0.2) is 13.1 Å². The summed E-state index contributed by atoms with van der Waals surface area (Å²) in [6, 6.07) is 0. The van der Waals surface area contributed by atoms with E-state index in [9.17, 15) is 13.2 Å². The topological polar surface area (TPSA) is 81.1 Å². The van der Waals surface area contributed by atoms with E-state index in [1.54, 1.807) is 6.92 Å². The van der Waals surface area contributed by atoms with Crippen molar-refractivity contribution >= 4 is 31.5 Å². The molecule has 18 heavy (non-hydrogen) atoms. The molecule has 102 valence electrons. The van der Waals surface area contributed by atoms with Crippen molar-refractivity contribution in [2.24, 2.45) is 0 Å². The molecule has 0 aliphatic carbocycles. The van der Waals surface area contributed by atoms with E-state index in [1.807, 2.05) is 6.92 Å². The largest absolute Gasteiger partial charge is 0.382 e. The van der Waals surface area contributed by atoms with E-state index in [0.717, 1.165) is 0 Å². The van der Waals surface area contributed by atoms with Crippen molar-refractivity contribution < 1.29 is 8.42 Å². The number of aryl methyl sites for hydroxylation is 1. The Hall–Kier alpha value is -0.890. The molecule has 1 rings (SSSR count). The lowest BCUT2D eigenvalue weighted by molar-refractivity contribution is 0.597. The molecule has 0 fully saturated rings. The summed E-state index contributed by atoms with van der Waals surface area (Å²) in [6.45, 7) is 4.17.